The summed E-state index contributed by atoms with van der Waals surface area (Å²) >= 11 is 0. The van der Waals surface area contributed by atoms with Gasteiger partial charge in [0, 0.05) is 42.6 Å². The number of rotatable bonds is 3. The predicted octanol–water partition coefficient (Wildman–Crippen LogP) is 2.56. The van der Waals surface area contributed by atoms with Gasteiger partial charge in [-0.25, -0.2) is 9.37 Å². The fraction of sp³-hybridized carbons (Fsp3) is 0.300. The molecule has 0 aliphatic carbocycles. The van der Waals surface area contributed by atoms with E-state index < -0.39 is 5.67 Å². The number of amides is 1. The highest BCUT2D eigenvalue weighted by Crippen LogP contribution is 2.27. The van der Waals surface area contributed by atoms with Gasteiger partial charge in [-0.2, -0.15) is 5.21 Å². The van der Waals surface area contributed by atoms with Gasteiger partial charge < -0.3 is 4.90 Å². The summed E-state index contributed by atoms with van der Waals surface area (Å²) in [7, 11) is 0. The van der Waals surface area contributed by atoms with Crippen molar-refractivity contribution in [2.75, 3.05) is 13.1 Å². The molecule has 1 amide bonds. The smallest absolute Gasteiger partial charge is 0.255 e. The van der Waals surface area contributed by atoms with Gasteiger partial charge in [-0.15, -0.1) is 10.2 Å². The monoisotopic (exact) mass is 406 g/mol. The number of carbonyl (C=O) groups excluding carboxylic acids is 1. The van der Waals surface area contributed by atoms with Crippen molar-refractivity contribution in [2.45, 2.75) is 25.4 Å². The zero-order valence-electron chi connectivity index (χ0n) is 16.3. The summed E-state index contributed by atoms with van der Waals surface area (Å²) in [6.07, 6.45) is 7.53. The summed E-state index contributed by atoms with van der Waals surface area (Å²) < 4.78 is 15.9. The Morgan fingerprint density at radius 3 is 2.80 bits per heavy atom. The second kappa shape index (κ2) is 6.97. The normalized spacial score (nSPS) is 16.1. The zero-order chi connectivity index (χ0) is 20.7. The van der Waals surface area contributed by atoms with E-state index in [4.69, 9.17) is 0 Å². The van der Waals surface area contributed by atoms with Crippen LogP contribution in [0.5, 0.6) is 0 Å². The van der Waals surface area contributed by atoms with Crippen LogP contribution in [0.15, 0.2) is 43.0 Å². The maximum absolute atomic E-state index is 14.0. The number of tetrazole rings is 1. The van der Waals surface area contributed by atoms with Crippen molar-refractivity contribution in [3.63, 3.8) is 0 Å². The average Bonchev–Trinajstić information content (AvgIpc) is 3.43. The van der Waals surface area contributed by atoms with E-state index in [-0.39, 0.29) is 5.91 Å². The third-order valence-corrected chi connectivity index (χ3v) is 5.47. The largest absolute Gasteiger partial charge is 0.338 e. The molecule has 0 unspecified atom stereocenters. The lowest BCUT2D eigenvalue weighted by atomic mass is 9.95. The standard InChI is InChI=1S/C20H19FN8O/c1-20(21)3-6-28(7-4-20)19(30)15-8-13-2-5-29(18(13)23-11-15)16-9-14(10-22-12-16)17-24-26-27-25-17/h2,5,8-12H,3-4,6-7H2,1H3,(H,24,25,26,27). The lowest BCUT2D eigenvalue weighted by Gasteiger charge is -2.34. The highest BCUT2D eigenvalue weighted by molar-refractivity contribution is 5.97. The van der Waals surface area contributed by atoms with Gasteiger partial charge in [0.25, 0.3) is 5.91 Å². The lowest BCUT2D eigenvalue weighted by molar-refractivity contribution is 0.0504. The molecule has 1 aliphatic rings. The molecule has 1 fully saturated rings. The van der Waals surface area contributed by atoms with Crippen LogP contribution in [0.1, 0.15) is 30.1 Å². The number of halogens is 1. The van der Waals surface area contributed by atoms with Crippen LogP contribution in [0.2, 0.25) is 0 Å². The molecule has 5 heterocycles. The minimum Gasteiger partial charge on any atom is -0.338 e. The summed E-state index contributed by atoms with van der Waals surface area (Å²) in [6.45, 7) is 2.42. The molecule has 0 radical (unpaired) electrons. The summed E-state index contributed by atoms with van der Waals surface area (Å²) in [5, 5.41) is 14.8. The van der Waals surface area contributed by atoms with Crippen molar-refractivity contribution < 1.29 is 9.18 Å². The van der Waals surface area contributed by atoms with Crippen LogP contribution in [0.4, 0.5) is 4.39 Å². The Hall–Kier alpha value is -3.69. The van der Waals surface area contributed by atoms with E-state index in [1.807, 2.05) is 29.0 Å². The molecule has 30 heavy (non-hydrogen) atoms. The van der Waals surface area contributed by atoms with E-state index in [0.717, 1.165) is 16.6 Å². The molecule has 0 aromatic carbocycles. The number of hydrogen-bond donors (Lipinski definition) is 1. The lowest BCUT2D eigenvalue weighted by Crippen LogP contribution is -2.43. The number of pyridine rings is 2. The molecule has 152 valence electrons. The Balaban J connectivity index is 1.44. The number of carbonyl (C=O) groups is 1. The topological polar surface area (TPSA) is 105 Å². The van der Waals surface area contributed by atoms with E-state index in [1.165, 1.54) is 0 Å². The van der Waals surface area contributed by atoms with Gasteiger partial charge >= 0.3 is 0 Å². The minimum absolute atomic E-state index is 0.117. The van der Waals surface area contributed by atoms with Gasteiger partial charge in [0.15, 0.2) is 0 Å². The molecule has 1 N–H and O–H groups in total. The first-order valence-corrected chi connectivity index (χ1v) is 9.65. The Morgan fingerprint density at radius 1 is 1.20 bits per heavy atom. The summed E-state index contributed by atoms with van der Waals surface area (Å²) in [5.74, 6) is 0.334. The fourth-order valence-corrected chi connectivity index (χ4v) is 3.67. The quantitative estimate of drug-likeness (QED) is 0.561. The number of piperidine rings is 1. The summed E-state index contributed by atoms with van der Waals surface area (Å²) in [5.41, 5.74) is 1.52. The molecule has 9 nitrogen and oxygen atoms in total. The molecule has 1 saturated heterocycles. The van der Waals surface area contributed by atoms with Crippen molar-refractivity contribution in [2.24, 2.45) is 0 Å². The number of H-pyrrole nitrogens is 1. The van der Waals surface area contributed by atoms with Crippen LogP contribution >= 0.6 is 0 Å². The third kappa shape index (κ3) is 3.30. The van der Waals surface area contributed by atoms with Crippen LogP contribution in [0.3, 0.4) is 0 Å². The van der Waals surface area contributed by atoms with Crippen molar-refractivity contribution in [3.8, 4) is 17.1 Å². The number of alkyl halides is 1. The molecule has 0 spiro atoms. The van der Waals surface area contributed by atoms with Crippen molar-refractivity contribution in [1.82, 2.24) is 40.1 Å². The Kier molecular flexibility index (Phi) is 4.27. The summed E-state index contributed by atoms with van der Waals surface area (Å²) in [4.78, 5) is 23.3. The van der Waals surface area contributed by atoms with Crippen molar-refractivity contribution >= 4 is 16.9 Å². The number of nitrogens with one attached hydrogen (secondary N) is 1. The maximum Gasteiger partial charge on any atom is 0.255 e. The molecule has 4 aromatic rings. The van der Waals surface area contributed by atoms with Gasteiger partial charge in [0.2, 0.25) is 5.82 Å². The molecule has 10 heteroatoms. The van der Waals surface area contributed by atoms with Crippen molar-refractivity contribution in [3.05, 3.63) is 48.5 Å². The fourth-order valence-electron chi connectivity index (χ4n) is 3.67. The second-order valence-electron chi connectivity index (χ2n) is 7.70. The van der Waals surface area contributed by atoms with E-state index >= 15 is 0 Å². The number of nitrogens with zero attached hydrogens (tertiary/aromatic N) is 7. The van der Waals surface area contributed by atoms with E-state index in [1.54, 1.807) is 30.4 Å². The Bertz CT molecular complexity index is 1210. The second-order valence-corrected chi connectivity index (χ2v) is 7.70. The van der Waals surface area contributed by atoms with E-state index in [2.05, 4.69) is 30.6 Å². The van der Waals surface area contributed by atoms with Gasteiger partial charge in [-0.05, 0) is 43.2 Å². The van der Waals surface area contributed by atoms with Crippen LogP contribution in [0, 0.1) is 0 Å². The number of hydrogen-bond acceptors (Lipinski definition) is 6. The van der Waals surface area contributed by atoms with Crippen LogP contribution in [-0.4, -0.2) is 64.7 Å². The van der Waals surface area contributed by atoms with Crippen molar-refractivity contribution in [1.29, 1.82) is 0 Å². The molecule has 1 aliphatic heterocycles. The Labute approximate surface area is 170 Å². The maximum atomic E-state index is 14.0. The number of aromatic nitrogens is 7. The van der Waals surface area contributed by atoms with Gasteiger partial charge in [-0.1, -0.05) is 0 Å². The predicted molar refractivity (Wildman–Crippen MR) is 107 cm³/mol. The van der Waals surface area contributed by atoms with Gasteiger partial charge in [-0.3, -0.25) is 14.3 Å². The molecule has 0 saturated carbocycles. The number of likely N-dealkylation sites (tertiary alicyclic amines) is 1. The third-order valence-electron chi connectivity index (χ3n) is 5.47. The first-order valence-electron chi connectivity index (χ1n) is 9.65. The molecule has 5 rings (SSSR count). The van der Waals surface area contributed by atoms with Crippen LogP contribution in [-0.2, 0) is 0 Å². The highest BCUT2D eigenvalue weighted by Gasteiger charge is 2.32. The zero-order valence-corrected chi connectivity index (χ0v) is 16.3. The van der Waals surface area contributed by atoms with Gasteiger partial charge in [0.1, 0.15) is 11.3 Å². The van der Waals surface area contributed by atoms with E-state index in [9.17, 15) is 9.18 Å². The number of fused-ring (bicyclic) bond motifs is 1. The number of aromatic amines is 1. The summed E-state index contributed by atoms with van der Waals surface area (Å²) in [6, 6.07) is 5.61. The molecular formula is C20H19FN8O. The van der Waals surface area contributed by atoms with Crippen LogP contribution in [0.25, 0.3) is 28.1 Å². The molecule has 0 atom stereocenters. The average molecular weight is 406 g/mol. The SMILES string of the molecule is CC1(F)CCN(C(=O)c2cnc3c(ccn3-c3cncc(-c4nn[nH]n4)c3)c2)CC1. The minimum atomic E-state index is -1.19. The molecule has 0 bridgehead atoms. The first kappa shape index (κ1) is 18.3. The Morgan fingerprint density at radius 2 is 2.03 bits per heavy atom. The molecule has 4 aromatic heterocycles. The highest BCUT2D eigenvalue weighted by atomic mass is 19.1. The first-order chi connectivity index (χ1) is 14.5. The van der Waals surface area contributed by atoms with Gasteiger partial charge in [0.05, 0.1) is 17.4 Å². The van der Waals surface area contributed by atoms with Crippen LogP contribution < -0.4 is 0 Å². The molecular weight excluding hydrogens is 387 g/mol. The van der Waals surface area contributed by atoms with E-state index in [0.29, 0.717) is 43.0 Å².